The van der Waals surface area contributed by atoms with Gasteiger partial charge in [0.25, 0.3) is 0 Å². The number of carbonyl (C=O) groups is 1. The van der Waals surface area contributed by atoms with Crippen molar-refractivity contribution in [2.75, 3.05) is 5.32 Å². The summed E-state index contributed by atoms with van der Waals surface area (Å²) in [6.07, 6.45) is 2.80. The van der Waals surface area contributed by atoms with E-state index in [1.165, 1.54) is 36.4 Å². The van der Waals surface area contributed by atoms with Crippen LogP contribution in [-0.2, 0) is 14.8 Å². The van der Waals surface area contributed by atoms with Gasteiger partial charge < -0.3 is 5.32 Å². The highest BCUT2D eigenvalue weighted by molar-refractivity contribution is 7.89. The molecule has 0 aliphatic rings. The van der Waals surface area contributed by atoms with E-state index in [2.05, 4.69) is 15.4 Å². The van der Waals surface area contributed by atoms with Gasteiger partial charge in [-0.1, -0.05) is 12.1 Å². The maximum Gasteiger partial charge on any atom is 0.250 e. The number of rotatable bonds is 5. The van der Waals surface area contributed by atoms with Gasteiger partial charge in [-0.05, 0) is 81.0 Å². The van der Waals surface area contributed by atoms with Crippen molar-refractivity contribution in [3.05, 3.63) is 66.0 Å². The molecule has 0 bridgehead atoms. The van der Waals surface area contributed by atoms with Crippen LogP contribution in [0.25, 0.3) is 6.08 Å². The number of halogens is 1. The van der Waals surface area contributed by atoms with E-state index in [0.29, 0.717) is 11.3 Å². The van der Waals surface area contributed by atoms with Crippen LogP contribution in [0, 0.1) is 5.82 Å². The van der Waals surface area contributed by atoms with Crippen LogP contribution in [0.15, 0.2) is 59.5 Å². The lowest BCUT2D eigenvalue weighted by Crippen LogP contribution is -2.40. The van der Waals surface area contributed by atoms with Crippen molar-refractivity contribution >= 4 is 45.0 Å². The molecule has 6 nitrogen and oxygen atoms in total. The molecular formula is C20H22FN3O3S2. The second kappa shape index (κ2) is 9.25. The standard InChI is InChI=1S/C20H22FN3O3S2/c1-20(2,3)24-29(26,27)17-11-9-16(10-12-17)22-19(28)23-18(25)13-6-14-4-7-15(21)8-5-14/h4-13,24H,1-3H3,(H2,22,23,25,28). The SMILES string of the molecule is CC(C)(C)NS(=O)(=O)c1ccc(NC(=S)NC(=O)C=Cc2ccc(F)cc2)cc1. The van der Waals surface area contributed by atoms with Crippen molar-refractivity contribution in [1.82, 2.24) is 10.0 Å². The van der Waals surface area contributed by atoms with Gasteiger partial charge in [-0.25, -0.2) is 17.5 Å². The van der Waals surface area contributed by atoms with Gasteiger partial charge >= 0.3 is 0 Å². The minimum Gasteiger partial charge on any atom is -0.332 e. The number of benzene rings is 2. The van der Waals surface area contributed by atoms with Crippen LogP contribution in [-0.4, -0.2) is 25.0 Å². The highest BCUT2D eigenvalue weighted by Gasteiger charge is 2.21. The Labute approximate surface area is 175 Å². The quantitative estimate of drug-likeness (QED) is 0.495. The van der Waals surface area contributed by atoms with Crippen molar-refractivity contribution in [3.63, 3.8) is 0 Å². The van der Waals surface area contributed by atoms with Crippen molar-refractivity contribution in [2.45, 2.75) is 31.2 Å². The average Bonchev–Trinajstić information content (AvgIpc) is 2.59. The molecule has 0 heterocycles. The van der Waals surface area contributed by atoms with E-state index in [1.807, 2.05) is 0 Å². The van der Waals surface area contributed by atoms with Crippen LogP contribution < -0.4 is 15.4 Å². The van der Waals surface area contributed by atoms with Gasteiger partial charge in [-0.15, -0.1) is 0 Å². The Hall–Kier alpha value is -2.62. The summed E-state index contributed by atoms with van der Waals surface area (Å²) in [7, 11) is -3.63. The highest BCUT2D eigenvalue weighted by atomic mass is 32.2. The lowest BCUT2D eigenvalue weighted by molar-refractivity contribution is -0.115. The summed E-state index contributed by atoms with van der Waals surface area (Å²) in [5, 5.41) is 5.34. The molecule has 0 radical (unpaired) electrons. The van der Waals surface area contributed by atoms with Gasteiger partial charge in [0.05, 0.1) is 4.90 Å². The number of anilines is 1. The normalized spacial score (nSPS) is 12.0. The van der Waals surface area contributed by atoms with Crippen molar-refractivity contribution in [1.29, 1.82) is 0 Å². The number of sulfonamides is 1. The zero-order chi connectivity index (χ0) is 21.7. The first-order valence-electron chi connectivity index (χ1n) is 8.64. The van der Waals surface area contributed by atoms with Gasteiger partial charge in [-0.3, -0.25) is 10.1 Å². The summed E-state index contributed by atoms with van der Waals surface area (Å²) in [4.78, 5) is 12.0. The Morgan fingerprint density at radius 3 is 2.17 bits per heavy atom. The minimum atomic E-state index is -3.63. The van der Waals surface area contributed by atoms with Crippen molar-refractivity contribution in [2.24, 2.45) is 0 Å². The maximum absolute atomic E-state index is 12.9. The molecule has 0 atom stereocenters. The topological polar surface area (TPSA) is 87.3 Å². The molecule has 29 heavy (non-hydrogen) atoms. The van der Waals surface area contributed by atoms with Crippen LogP contribution in [0.5, 0.6) is 0 Å². The molecule has 9 heteroatoms. The molecule has 2 aromatic rings. The monoisotopic (exact) mass is 435 g/mol. The van der Waals surface area contributed by atoms with Crippen molar-refractivity contribution < 1.29 is 17.6 Å². The Balaban J connectivity index is 1.93. The molecule has 0 aromatic heterocycles. The molecule has 0 aliphatic heterocycles. The first-order valence-corrected chi connectivity index (χ1v) is 10.5. The molecule has 0 saturated heterocycles. The third-order valence-electron chi connectivity index (χ3n) is 3.40. The number of nitrogens with one attached hydrogen (secondary N) is 3. The van der Waals surface area contributed by atoms with Crippen LogP contribution in [0.3, 0.4) is 0 Å². The number of amides is 1. The van der Waals surface area contributed by atoms with Crippen LogP contribution in [0.4, 0.5) is 10.1 Å². The van der Waals surface area contributed by atoms with Crippen LogP contribution >= 0.6 is 12.2 Å². The number of hydrogen-bond acceptors (Lipinski definition) is 4. The summed E-state index contributed by atoms with van der Waals surface area (Å²) in [6.45, 7) is 5.27. The van der Waals surface area contributed by atoms with E-state index in [4.69, 9.17) is 12.2 Å². The van der Waals surface area contributed by atoms with Gasteiger partial charge in [0, 0.05) is 17.3 Å². The number of hydrogen-bond donors (Lipinski definition) is 3. The van der Waals surface area contributed by atoms with Gasteiger partial charge in [0.15, 0.2) is 5.11 Å². The van der Waals surface area contributed by atoms with Gasteiger partial charge in [-0.2, -0.15) is 0 Å². The lowest BCUT2D eigenvalue weighted by Gasteiger charge is -2.20. The molecule has 0 spiro atoms. The number of thiocarbonyl (C=S) groups is 1. The largest absolute Gasteiger partial charge is 0.332 e. The van der Waals surface area contributed by atoms with E-state index < -0.39 is 21.5 Å². The van der Waals surface area contributed by atoms with Gasteiger partial charge in [0.1, 0.15) is 5.82 Å². The fourth-order valence-electron chi connectivity index (χ4n) is 2.24. The summed E-state index contributed by atoms with van der Waals surface area (Å²) in [5.41, 5.74) is 0.594. The minimum absolute atomic E-state index is 0.0576. The number of carbonyl (C=O) groups excluding carboxylic acids is 1. The van der Waals surface area contributed by atoms with E-state index in [9.17, 15) is 17.6 Å². The molecule has 0 fully saturated rings. The van der Waals surface area contributed by atoms with E-state index >= 15 is 0 Å². The predicted octanol–water partition coefficient (Wildman–Crippen LogP) is 3.43. The molecule has 2 aromatic carbocycles. The first kappa shape index (κ1) is 22.7. The Morgan fingerprint density at radius 1 is 1.03 bits per heavy atom. The highest BCUT2D eigenvalue weighted by Crippen LogP contribution is 2.16. The molecule has 0 saturated carbocycles. The fourth-order valence-corrected chi connectivity index (χ4v) is 3.88. The summed E-state index contributed by atoms with van der Waals surface area (Å²) in [6, 6.07) is 11.6. The first-order chi connectivity index (χ1) is 13.4. The Kier molecular flexibility index (Phi) is 7.23. The van der Waals surface area contributed by atoms with Crippen molar-refractivity contribution in [3.8, 4) is 0 Å². The second-order valence-corrected chi connectivity index (χ2v) is 9.30. The summed E-state index contributed by atoms with van der Waals surface area (Å²) in [5.74, 6) is -0.814. The van der Waals surface area contributed by atoms with Crippen LogP contribution in [0.2, 0.25) is 0 Å². The third-order valence-corrected chi connectivity index (χ3v) is 5.37. The smallest absolute Gasteiger partial charge is 0.250 e. The Bertz CT molecular complexity index is 1010. The average molecular weight is 436 g/mol. The summed E-state index contributed by atoms with van der Waals surface area (Å²) >= 11 is 5.08. The molecule has 0 aliphatic carbocycles. The summed E-state index contributed by atoms with van der Waals surface area (Å²) < 4.78 is 40.0. The molecule has 3 N–H and O–H groups in total. The van der Waals surface area contributed by atoms with E-state index in [0.717, 1.165) is 0 Å². The van der Waals surface area contributed by atoms with E-state index in [1.54, 1.807) is 45.0 Å². The molecular weight excluding hydrogens is 413 g/mol. The lowest BCUT2D eigenvalue weighted by atomic mass is 10.1. The second-order valence-electron chi connectivity index (χ2n) is 7.21. The van der Waals surface area contributed by atoms with E-state index in [-0.39, 0.29) is 15.8 Å². The zero-order valence-corrected chi connectivity index (χ0v) is 17.8. The molecule has 154 valence electrons. The zero-order valence-electron chi connectivity index (χ0n) is 16.2. The van der Waals surface area contributed by atoms with Gasteiger partial charge in [0.2, 0.25) is 15.9 Å². The van der Waals surface area contributed by atoms with Crippen LogP contribution in [0.1, 0.15) is 26.3 Å². The molecule has 2 rings (SSSR count). The fraction of sp³-hybridized carbons (Fsp3) is 0.200. The molecule has 1 amide bonds. The molecule has 0 unspecified atom stereocenters. The maximum atomic E-state index is 12.9. The third kappa shape index (κ3) is 7.72. The predicted molar refractivity (Wildman–Crippen MR) is 116 cm³/mol. The Morgan fingerprint density at radius 2 is 1.62 bits per heavy atom.